The zero-order valence-electron chi connectivity index (χ0n) is 15.4. The highest BCUT2D eigenvalue weighted by molar-refractivity contribution is 14.1. The van der Waals surface area contributed by atoms with Crippen LogP contribution >= 0.6 is 45.2 Å². The smallest absolute Gasteiger partial charge is 0.0585 e. The van der Waals surface area contributed by atoms with Crippen molar-refractivity contribution in [1.29, 1.82) is 0 Å². The third kappa shape index (κ3) is 6.43. The summed E-state index contributed by atoms with van der Waals surface area (Å²) in [7, 11) is 0. The quantitative estimate of drug-likeness (QED) is 0.297. The van der Waals surface area contributed by atoms with Gasteiger partial charge in [-0.2, -0.15) is 0 Å². The summed E-state index contributed by atoms with van der Waals surface area (Å²) >= 11 is 4.57. The van der Waals surface area contributed by atoms with Crippen molar-refractivity contribution in [2.75, 3.05) is 11.5 Å². The predicted molar refractivity (Wildman–Crippen MR) is 125 cm³/mol. The number of hydrogen-bond acceptors (Lipinski definition) is 2. The Bertz CT molecular complexity index is 655. The van der Waals surface area contributed by atoms with E-state index in [2.05, 4.69) is 111 Å². The van der Waals surface area contributed by atoms with E-state index in [-0.39, 0.29) is 10.8 Å². The zero-order valence-corrected chi connectivity index (χ0v) is 19.7. The molecule has 0 aliphatic carbocycles. The van der Waals surface area contributed by atoms with Gasteiger partial charge in [-0.15, -0.1) is 0 Å². The van der Waals surface area contributed by atoms with E-state index in [9.17, 15) is 0 Å². The minimum absolute atomic E-state index is 0.202. The van der Waals surface area contributed by atoms with E-state index in [0.717, 1.165) is 18.5 Å². The summed E-state index contributed by atoms with van der Waals surface area (Å²) in [6.45, 7) is 13.2. The van der Waals surface area contributed by atoms with Gasteiger partial charge in [0.1, 0.15) is 0 Å². The number of rotatable bonds is 0. The van der Waals surface area contributed by atoms with Gasteiger partial charge < -0.3 is 11.5 Å². The molecule has 0 atom stereocenters. The summed E-state index contributed by atoms with van der Waals surface area (Å²) in [4.78, 5) is 0. The largest absolute Gasteiger partial charge is 0.399 e. The standard InChI is InChI=1S/C10H13I2N.C10H15N/c1-10(2,3)6-4-7(11)9(13)8(12)5-6;1-10(2,3)8-4-6-9(11)7-5-8/h4-5H,13H2,1-3H3;4-7H,11H2,1-3H3. The molecule has 0 heterocycles. The summed E-state index contributed by atoms with van der Waals surface area (Å²) in [6.07, 6.45) is 0. The molecule has 0 aromatic heterocycles. The average Bonchev–Trinajstić information content (AvgIpc) is 2.43. The third-order valence-corrected chi connectivity index (χ3v) is 5.51. The minimum Gasteiger partial charge on any atom is -0.399 e. The molecule has 24 heavy (non-hydrogen) atoms. The molecule has 0 saturated heterocycles. The van der Waals surface area contributed by atoms with Crippen LogP contribution in [0.25, 0.3) is 0 Å². The Kier molecular flexibility index (Phi) is 7.41. The molecule has 2 nitrogen and oxygen atoms in total. The van der Waals surface area contributed by atoms with E-state index in [4.69, 9.17) is 11.5 Å². The summed E-state index contributed by atoms with van der Waals surface area (Å²) in [5.74, 6) is 0. The molecule has 0 radical (unpaired) electrons. The lowest BCUT2D eigenvalue weighted by molar-refractivity contribution is 0.589. The Morgan fingerprint density at radius 3 is 1.38 bits per heavy atom. The maximum absolute atomic E-state index is 5.88. The van der Waals surface area contributed by atoms with Crippen molar-refractivity contribution in [2.45, 2.75) is 52.4 Å². The molecule has 2 aromatic carbocycles. The highest BCUT2D eigenvalue weighted by atomic mass is 127. The molecule has 0 saturated carbocycles. The van der Waals surface area contributed by atoms with E-state index < -0.39 is 0 Å². The normalized spacial score (nSPS) is 11.7. The molecule has 0 amide bonds. The molecule has 2 rings (SSSR count). The van der Waals surface area contributed by atoms with Crippen LogP contribution in [0.4, 0.5) is 11.4 Å². The van der Waals surface area contributed by atoms with Crippen LogP contribution in [-0.4, -0.2) is 0 Å². The first-order valence-electron chi connectivity index (χ1n) is 7.93. The maximum Gasteiger partial charge on any atom is 0.0585 e. The van der Waals surface area contributed by atoms with Crippen LogP contribution in [-0.2, 0) is 10.8 Å². The molecule has 0 fully saturated rings. The molecule has 132 valence electrons. The first kappa shape index (κ1) is 21.5. The number of anilines is 2. The van der Waals surface area contributed by atoms with E-state index in [0.29, 0.717) is 0 Å². The van der Waals surface area contributed by atoms with E-state index in [1.54, 1.807) is 0 Å². The van der Waals surface area contributed by atoms with Crippen LogP contribution in [0.1, 0.15) is 52.7 Å². The number of nitrogens with two attached hydrogens (primary N) is 2. The van der Waals surface area contributed by atoms with Crippen molar-refractivity contribution in [3.05, 3.63) is 54.7 Å². The van der Waals surface area contributed by atoms with Crippen molar-refractivity contribution >= 4 is 56.6 Å². The molecule has 0 spiro atoms. The fourth-order valence-corrected chi connectivity index (χ4v) is 3.77. The van der Waals surface area contributed by atoms with Crippen molar-refractivity contribution < 1.29 is 0 Å². The molecule has 0 unspecified atom stereocenters. The van der Waals surface area contributed by atoms with Gasteiger partial charge >= 0.3 is 0 Å². The Balaban J connectivity index is 0.000000243. The van der Waals surface area contributed by atoms with Gasteiger partial charge in [-0.3, -0.25) is 0 Å². The van der Waals surface area contributed by atoms with Gasteiger partial charge in [0.25, 0.3) is 0 Å². The summed E-state index contributed by atoms with van der Waals surface area (Å²) in [5, 5.41) is 0. The fourth-order valence-electron chi connectivity index (χ4n) is 2.00. The first-order valence-corrected chi connectivity index (χ1v) is 10.1. The second-order valence-electron chi connectivity index (χ2n) is 7.98. The molecule has 4 heteroatoms. The van der Waals surface area contributed by atoms with E-state index in [1.807, 2.05) is 12.1 Å². The lowest BCUT2D eigenvalue weighted by Crippen LogP contribution is -2.12. The molecule has 4 N–H and O–H groups in total. The number of nitrogen functional groups attached to an aromatic ring is 2. The topological polar surface area (TPSA) is 52.0 Å². The van der Waals surface area contributed by atoms with Gasteiger partial charge in [0, 0.05) is 12.8 Å². The zero-order chi connectivity index (χ0) is 18.7. The van der Waals surface area contributed by atoms with Gasteiger partial charge in [-0.25, -0.2) is 0 Å². The Labute approximate surface area is 174 Å². The van der Waals surface area contributed by atoms with E-state index in [1.165, 1.54) is 11.1 Å². The summed E-state index contributed by atoms with van der Waals surface area (Å²) < 4.78 is 2.30. The Hall–Kier alpha value is -0.500. The molecule has 0 aliphatic rings. The lowest BCUT2D eigenvalue weighted by Gasteiger charge is -2.20. The van der Waals surface area contributed by atoms with Gasteiger partial charge in [-0.05, 0) is 91.4 Å². The Morgan fingerprint density at radius 2 is 1.04 bits per heavy atom. The van der Waals surface area contributed by atoms with Crippen LogP contribution in [0.5, 0.6) is 0 Å². The summed E-state index contributed by atoms with van der Waals surface area (Å²) in [5.41, 5.74) is 16.3. The van der Waals surface area contributed by atoms with Crippen LogP contribution in [0.15, 0.2) is 36.4 Å². The summed E-state index contributed by atoms with van der Waals surface area (Å²) in [6, 6.07) is 12.4. The Morgan fingerprint density at radius 1 is 0.667 bits per heavy atom. The molecular weight excluding hydrogens is 522 g/mol. The highest BCUT2D eigenvalue weighted by Crippen LogP contribution is 2.30. The number of halogens is 2. The highest BCUT2D eigenvalue weighted by Gasteiger charge is 2.16. The molecule has 0 bridgehead atoms. The molecule has 0 aliphatic heterocycles. The van der Waals surface area contributed by atoms with Crippen molar-refractivity contribution in [3.8, 4) is 0 Å². The molecule has 2 aromatic rings. The second kappa shape index (κ2) is 8.25. The van der Waals surface area contributed by atoms with Gasteiger partial charge in [-0.1, -0.05) is 53.7 Å². The number of benzene rings is 2. The van der Waals surface area contributed by atoms with Crippen LogP contribution in [0.2, 0.25) is 0 Å². The first-order chi connectivity index (χ1) is 10.8. The number of hydrogen-bond donors (Lipinski definition) is 2. The predicted octanol–water partition coefficient (Wildman–Crippen LogP) is 6.34. The monoisotopic (exact) mass is 550 g/mol. The van der Waals surface area contributed by atoms with Crippen molar-refractivity contribution in [2.24, 2.45) is 0 Å². The molecular formula is C20H28I2N2. The third-order valence-electron chi connectivity index (χ3n) is 3.72. The lowest BCUT2D eigenvalue weighted by atomic mass is 9.87. The van der Waals surface area contributed by atoms with Crippen molar-refractivity contribution in [1.82, 2.24) is 0 Å². The minimum atomic E-state index is 0.202. The van der Waals surface area contributed by atoms with Gasteiger partial charge in [0.2, 0.25) is 0 Å². The van der Waals surface area contributed by atoms with Crippen LogP contribution < -0.4 is 11.5 Å². The van der Waals surface area contributed by atoms with Crippen LogP contribution in [0.3, 0.4) is 0 Å². The van der Waals surface area contributed by atoms with Gasteiger partial charge in [0.15, 0.2) is 0 Å². The average molecular weight is 550 g/mol. The fraction of sp³-hybridized carbons (Fsp3) is 0.400. The SMILES string of the molecule is CC(C)(C)c1cc(I)c(N)c(I)c1.CC(C)(C)c1ccc(N)cc1. The van der Waals surface area contributed by atoms with Crippen molar-refractivity contribution in [3.63, 3.8) is 0 Å². The second-order valence-corrected chi connectivity index (χ2v) is 10.3. The van der Waals surface area contributed by atoms with E-state index >= 15 is 0 Å². The van der Waals surface area contributed by atoms with Crippen LogP contribution in [0, 0.1) is 7.14 Å². The van der Waals surface area contributed by atoms with Gasteiger partial charge in [0.05, 0.1) is 5.69 Å². The maximum atomic E-state index is 5.88.